The molecule has 0 aliphatic carbocycles. The third-order valence-electron chi connectivity index (χ3n) is 7.88. The van der Waals surface area contributed by atoms with Crippen LogP contribution in [0.5, 0.6) is 17.2 Å². The molecule has 0 radical (unpaired) electrons. The molecule has 6 rings (SSSR count). The fourth-order valence-electron chi connectivity index (χ4n) is 5.62. The van der Waals surface area contributed by atoms with Crippen molar-refractivity contribution in [3.63, 3.8) is 0 Å². The molecular weight excluding hydrogens is 540 g/mol. The molecule has 0 saturated carbocycles. The van der Waals surface area contributed by atoms with Gasteiger partial charge in [-0.25, -0.2) is 4.99 Å². The van der Waals surface area contributed by atoms with Crippen LogP contribution in [-0.4, -0.2) is 30.5 Å². The summed E-state index contributed by atoms with van der Waals surface area (Å²) in [6.45, 7) is 6.16. The normalized spacial score (nSPS) is 20.8. The summed E-state index contributed by atoms with van der Waals surface area (Å²) in [5.74, 6) is 0.816. The molecular formula is C32H30N2O6S. The number of carbonyl (C=O) groups is 1. The van der Waals surface area contributed by atoms with Crippen molar-refractivity contribution in [2.45, 2.75) is 39.1 Å². The highest BCUT2D eigenvalue weighted by atomic mass is 32.1. The lowest BCUT2D eigenvalue weighted by Crippen LogP contribution is -2.58. The Kier molecular flexibility index (Phi) is 6.69. The molecule has 0 fully saturated rings. The summed E-state index contributed by atoms with van der Waals surface area (Å²) in [4.78, 5) is 32.2. The lowest BCUT2D eigenvalue weighted by molar-refractivity contribution is -0.158. The quantitative estimate of drug-likeness (QED) is 0.325. The van der Waals surface area contributed by atoms with E-state index in [-0.39, 0.29) is 5.56 Å². The van der Waals surface area contributed by atoms with Crippen LogP contribution in [0.25, 0.3) is 6.08 Å². The first-order chi connectivity index (χ1) is 19.7. The summed E-state index contributed by atoms with van der Waals surface area (Å²) in [5.41, 5.74) is 3.23. The standard InChI is InChI=1S/C32H30N2O6S/c1-18-9-8-12-23(19(18)2)39-17-21-15-20(13-14-24(21)37-4)16-26-29(35)34-28-22-10-6-7-11-25(22)40-32(3,33-31(34)41-26)27(28)30(36)38-5/h6-16,27-28H,17H2,1-5H3/b26-16+/t27-,28+,32+/m1/s1. The van der Waals surface area contributed by atoms with Crippen molar-refractivity contribution in [1.82, 2.24) is 4.57 Å². The molecule has 3 heterocycles. The monoisotopic (exact) mass is 570 g/mol. The number of rotatable bonds is 6. The van der Waals surface area contributed by atoms with Gasteiger partial charge < -0.3 is 18.9 Å². The SMILES string of the molecule is COC(=O)[C@H]1[C@@H]2c3ccccc3O[C@]1(C)N=c1s/c(=C/c3ccc(OC)c(COc4cccc(C)c4C)c3)c(=O)n12. The number of fused-ring (bicyclic) bond motifs is 6. The van der Waals surface area contributed by atoms with Crippen LogP contribution in [0, 0.1) is 19.8 Å². The second-order valence-corrected chi connectivity index (χ2v) is 11.4. The largest absolute Gasteiger partial charge is 0.496 e. The van der Waals surface area contributed by atoms with E-state index in [2.05, 4.69) is 13.0 Å². The molecule has 0 amide bonds. The summed E-state index contributed by atoms with van der Waals surface area (Å²) in [7, 11) is 2.96. The Morgan fingerprint density at radius 2 is 1.90 bits per heavy atom. The van der Waals surface area contributed by atoms with E-state index >= 15 is 0 Å². The summed E-state index contributed by atoms with van der Waals surface area (Å²) in [6, 6.07) is 18.5. The number of aryl methyl sites for hydroxylation is 1. The Labute approximate surface area is 241 Å². The van der Waals surface area contributed by atoms with Crippen LogP contribution in [0.1, 0.15) is 40.8 Å². The van der Waals surface area contributed by atoms with Crippen LogP contribution in [0.3, 0.4) is 0 Å². The topological polar surface area (TPSA) is 88.4 Å². The minimum Gasteiger partial charge on any atom is -0.496 e. The fourth-order valence-corrected chi connectivity index (χ4v) is 6.72. The van der Waals surface area contributed by atoms with Crippen molar-refractivity contribution in [1.29, 1.82) is 0 Å². The first kappa shape index (κ1) is 26.8. The summed E-state index contributed by atoms with van der Waals surface area (Å²) in [5, 5.41) is 0. The molecule has 2 aliphatic heterocycles. The number of esters is 1. The Hall–Kier alpha value is -4.37. The molecule has 8 nitrogen and oxygen atoms in total. The zero-order chi connectivity index (χ0) is 28.9. The second-order valence-electron chi connectivity index (χ2n) is 10.4. The lowest BCUT2D eigenvalue weighted by atomic mass is 9.81. The van der Waals surface area contributed by atoms with E-state index in [1.165, 1.54) is 18.4 Å². The number of benzene rings is 3. The van der Waals surface area contributed by atoms with Crippen molar-refractivity contribution in [2.75, 3.05) is 14.2 Å². The molecule has 0 saturated heterocycles. The lowest BCUT2D eigenvalue weighted by Gasteiger charge is -2.44. The molecule has 0 N–H and O–H groups in total. The highest BCUT2D eigenvalue weighted by Gasteiger charge is 2.55. The zero-order valence-corrected chi connectivity index (χ0v) is 24.3. The van der Waals surface area contributed by atoms with Gasteiger partial charge in [-0.3, -0.25) is 14.2 Å². The van der Waals surface area contributed by atoms with Crippen molar-refractivity contribution >= 4 is 23.4 Å². The van der Waals surface area contributed by atoms with Gasteiger partial charge in [-0.1, -0.05) is 47.7 Å². The van der Waals surface area contributed by atoms with E-state index in [0.29, 0.717) is 27.4 Å². The minimum absolute atomic E-state index is 0.226. The Morgan fingerprint density at radius 1 is 1.10 bits per heavy atom. The molecule has 1 aromatic heterocycles. The third kappa shape index (κ3) is 4.50. The van der Waals surface area contributed by atoms with Crippen LogP contribution < -0.4 is 29.1 Å². The van der Waals surface area contributed by atoms with E-state index in [1.807, 2.05) is 67.6 Å². The van der Waals surface area contributed by atoms with Gasteiger partial charge in [0.15, 0.2) is 4.80 Å². The van der Waals surface area contributed by atoms with E-state index in [0.717, 1.165) is 33.6 Å². The van der Waals surface area contributed by atoms with Gasteiger partial charge in [-0.05, 0) is 67.8 Å². The maximum absolute atomic E-state index is 13.9. The zero-order valence-electron chi connectivity index (χ0n) is 23.5. The first-order valence-electron chi connectivity index (χ1n) is 13.3. The van der Waals surface area contributed by atoms with Crippen LogP contribution in [0.2, 0.25) is 0 Å². The molecule has 4 aromatic rings. The molecule has 3 atom stereocenters. The Bertz CT molecular complexity index is 1860. The maximum atomic E-state index is 13.9. The molecule has 3 aromatic carbocycles. The van der Waals surface area contributed by atoms with Gasteiger partial charge in [0.1, 0.15) is 29.8 Å². The second kappa shape index (κ2) is 10.2. The third-order valence-corrected chi connectivity index (χ3v) is 8.86. The van der Waals surface area contributed by atoms with Crippen molar-refractivity contribution in [3.8, 4) is 17.2 Å². The number of ether oxygens (including phenoxy) is 4. The Morgan fingerprint density at radius 3 is 2.68 bits per heavy atom. The van der Waals surface area contributed by atoms with Crippen LogP contribution >= 0.6 is 11.3 Å². The van der Waals surface area contributed by atoms with E-state index in [9.17, 15) is 9.59 Å². The number of hydrogen-bond donors (Lipinski definition) is 0. The predicted octanol–water partition coefficient (Wildman–Crippen LogP) is 4.06. The minimum atomic E-state index is -1.21. The highest BCUT2D eigenvalue weighted by molar-refractivity contribution is 7.07. The molecule has 0 spiro atoms. The number of carbonyl (C=O) groups excluding carboxylic acids is 1. The van der Waals surface area contributed by atoms with Gasteiger partial charge in [0.2, 0.25) is 5.72 Å². The maximum Gasteiger partial charge on any atom is 0.317 e. The number of hydrogen-bond acceptors (Lipinski definition) is 8. The van der Waals surface area contributed by atoms with Crippen molar-refractivity contribution in [2.24, 2.45) is 10.9 Å². The highest BCUT2D eigenvalue weighted by Crippen LogP contribution is 2.47. The number of thiazole rings is 1. The average molecular weight is 571 g/mol. The fraction of sp³-hybridized carbons (Fsp3) is 0.281. The number of methoxy groups -OCH3 is 2. The smallest absolute Gasteiger partial charge is 0.317 e. The molecule has 2 aliphatic rings. The summed E-state index contributed by atoms with van der Waals surface area (Å²) >= 11 is 1.27. The van der Waals surface area contributed by atoms with Crippen LogP contribution in [0.15, 0.2) is 70.5 Å². The first-order valence-corrected chi connectivity index (χ1v) is 14.1. The van der Waals surface area contributed by atoms with Crippen molar-refractivity contribution < 1.29 is 23.7 Å². The molecule has 41 heavy (non-hydrogen) atoms. The predicted molar refractivity (Wildman–Crippen MR) is 155 cm³/mol. The average Bonchev–Trinajstić information content (AvgIpc) is 3.25. The molecule has 210 valence electrons. The number of nitrogens with zero attached hydrogens (tertiary/aromatic N) is 2. The summed E-state index contributed by atoms with van der Waals surface area (Å²) in [6.07, 6.45) is 1.83. The van der Waals surface area contributed by atoms with E-state index in [1.54, 1.807) is 18.6 Å². The van der Waals surface area contributed by atoms with Gasteiger partial charge in [0, 0.05) is 11.1 Å². The van der Waals surface area contributed by atoms with Gasteiger partial charge in [-0.2, -0.15) is 0 Å². The molecule has 0 unspecified atom stereocenters. The van der Waals surface area contributed by atoms with Gasteiger partial charge in [0.05, 0.1) is 24.8 Å². The van der Waals surface area contributed by atoms with Crippen LogP contribution in [-0.2, 0) is 16.1 Å². The molecule has 2 bridgehead atoms. The molecule has 9 heteroatoms. The Balaban J connectivity index is 1.43. The number of aromatic nitrogens is 1. The van der Waals surface area contributed by atoms with Gasteiger partial charge in [-0.15, -0.1) is 0 Å². The summed E-state index contributed by atoms with van der Waals surface area (Å²) < 4.78 is 25.2. The van der Waals surface area contributed by atoms with E-state index < -0.39 is 23.7 Å². The van der Waals surface area contributed by atoms with Crippen molar-refractivity contribution in [3.05, 3.63) is 108 Å². The number of para-hydroxylation sites is 1. The van der Waals surface area contributed by atoms with Crippen LogP contribution in [0.4, 0.5) is 0 Å². The van der Waals surface area contributed by atoms with E-state index in [4.69, 9.17) is 23.9 Å². The van der Waals surface area contributed by atoms with Gasteiger partial charge in [0.25, 0.3) is 5.56 Å². The van der Waals surface area contributed by atoms with Gasteiger partial charge >= 0.3 is 5.97 Å².